The number of para-hydroxylation sites is 1. The Morgan fingerprint density at radius 1 is 1.03 bits per heavy atom. The number of nitrogens with zero attached hydrogens (tertiary/aromatic N) is 2. The summed E-state index contributed by atoms with van der Waals surface area (Å²) in [6.07, 6.45) is 0. The van der Waals surface area contributed by atoms with Crippen molar-refractivity contribution in [2.24, 2.45) is 0 Å². The summed E-state index contributed by atoms with van der Waals surface area (Å²) in [6.45, 7) is 0.166. The lowest BCUT2D eigenvalue weighted by Gasteiger charge is -2.15. The standard InChI is InChI=1S/C21H20ClN3O7/c1-12(26)32-11-25-20(28)13-6-4-5-7-16(13)24(21(25)29)10-19(27)23-15-8-14(22)17(30-2)9-18(15)31-3/h4-9H,10-11H2,1-3H3,(H,23,27). The van der Waals surface area contributed by atoms with Gasteiger partial charge in [-0.15, -0.1) is 0 Å². The Morgan fingerprint density at radius 3 is 2.38 bits per heavy atom. The molecule has 0 radical (unpaired) electrons. The fourth-order valence-corrected chi connectivity index (χ4v) is 3.32. The van der Waals surface area contributed by atoms with Crippen LogP contribution in [0.4, 0.5) is 5.69 Å². The number of rotatable bonds is 7. The predicted molar refractivity (Wildman–Crippen MR) is 117 cm³/mol. The molecule has 1 amide bonds. The number of esters is 1. The molecule has 3 aromatic rings. The molecule has 11 heteroatoms. The lowest BCUT2D eigenvalue weighted by Crippen LogP contribution is -2.42. The summed E-state index contributed by atoms with van der Waals surface area (Å²) in [7, 11) is 2.86. The van der Waals surface area contributed by atoms with Crippen LogP contribution in [0.1, 0.15) is 6.92 Å². The summed E-state index contributed by atoms with van der Waals surface area (Å²) in [5.41, 5.74) is -0.901. The normalized spacial score (nSPS) is 10.6. The van der Waals surface area contributed by atoms with Gasteiger partial charge in [-0.3, -0.25) is 19.0 Å². The van der Waals surface area contributed by atoms with Crippen LogP contribution in [0, 0.1) is 0 Å². The highest BCUT2D eigenvalue weighted by atomic mass is 35.5. The number of methoxy groups -OCH3 is 2. The molecule has 0 aliphatic rings. The average Bonchev–Trinajstić information content (AvgIpc) is 2.76. The molecular weight excluding hydrogens is 442 g/mol. The predicted octanol–water partition coefficient (Wildman–Crippen LogP) is 1.99. The number of ether oxygens (including phenoxy) is 3. The first kappa shape index (κ1) is 22.9. The number of carbonyl (C=O) groups excluding carboxylic acids is 2. The smallest absolute Gasteiger partial charge is 0.334 e. The zero-order valence-electron chi connectivity index (χ0n) is 17.5. The van der Waals surface area contributed by atoms with Crippen LogP contribution >= 0.6 is 11.6 Å². The van der Waals surface area contributed by atoms with Crippen molar-refractivity contribution < 1.29 is 23.8 Å². The van der Waals surface area contributed by atoms with E-state index in [0.717, 1.165) is 16.1 Å². The maximum atomic E-state index is 13.0. The highest BCUT2D eigenvalue weighted by Gasteiger charge is 2.18. The number of anilines is 1. The number of amides is 1. The largest absolute Gasteiger partial charge is 0.495 e. The van der Waals surface area contributed by atoms with E-state index in [0.29, 0.717) is 11.5 Å². The first-order valence-corrected chi connectivity index (χ1v) is 9.71. The minimum absolute atomic E-state index is 0.192. The number of nitrogens with one attached hydrogen (secondary N) is 1. The van der Waals surface area contributed by atoms with E-state index in [1.54, 1.807) is 18.2 Å². The number of benzene rings is 2. The minimum Gasteiger partial charge on any atom is -0.495 e. The molecule has 0 spiro atoms. The van der Waals surface area contributed by atoms with E-state index < -0.39 is 36.4 Å². The zero-order valence-corrected chi connectivity index (χ0v) is 18.3. The number of carbonyl (C=O) groups is 2. The van der Waals surface area contributed by atoms with Crippen molar-refractivity contribution in [3.8, 4) is 11.5 Å². The van der Waals surface area contributed by atoms with Gasteiger partial charge in [-0.1, -0.05) is 23.7 Å². The minimum atomic E-state index is -0.801. The lowest BCUT2D eigenvalue weighted by atomic mass is 10.2. The van der Waals surface area contributed by atoms with Crippen molar-refractivity contribution in [3.05, 3.63) is 62.3 Å². The summed E-state index contributed by atoms with van der Waals surface area (Å²) in [4.78, 5) is 49.6. The lowest BCUT2D eigenvalue weighted by molar-refractivity contribution is -0.145. The van der Waals surface area contributed by atoms with Crippen LogP contribution in [0.15, 0.2) is 46.0 Å². The van der Waals surface area contributed by atoms with Gasteiger partial charge in [0.1, 0.15) is 18.0 Å². The first-order valence-electron chi connectivity index (χ1n) is 9.34. The molecule has 0 saturated heterocycles. The Balaban J connectivity index is 2.01. The number of hydrogen-bond acceptors (Lipinski definition) is 7. The fraction of sp³-hybridized carbons (Fsp3) is 0.238. The Bertz CT molecular complexity index is 1310. The molecule has 0 fully saturated rings. The second-order valence-corrected chi connectivity index (χ2v) is 7.03. The van der Waals surface area contributed by atoms with Crippen molar-refractivity contribution in [1.29, 1.82) is 0 Å². The van der Waals surface area contributed by atoms with Crippen LogP contribution in [0.5, 0.6) is 11.5 Å². The van der Waals surface area contributed by atoms with Crippen molar-refractivity contribution in [3.63, 3.8) is 0 Å². The molecule has 3 rings (SSSR count). The van der Waals surface area contributed by atoms with Gasteiger partial charge < -0.3 is 19.5 Å². The van der Waals surface area contributed by atoms with Gasteiger partial charge in [-0.2, -0.15) is 0 Å². The molecule has 1 aromatic heterocycles. The molecule has 0 atom stereocenters. The molecule has 2 aromatic carbocycles. The van der Waals surface area contributed by atoms with Crippen molar-refractivity contribution >= 4 is 40.1 Å². The van der Waals surface area contributed by atoms with Gasteiger partial charge in [-0.25, -0.2) is 9.36 Å². The van der Waals surface area contributed by atoms with Crippen molar-refractivity contribution in [2.45, 2.75) is 20.2 Å². The molecule has 0 aliphatic heterocycles. The summed E-state index contributed by atoms with van der Waals surface area (Å²) in [5.74, 6) is -0.565. The van der Waals surface area contributed by atoms with Gasteiger partial charge in [0.05, 0.1) is 35.8 Å². The summed E-state index contributed by atoms with van der Waals surface area (Å²) in [5, 5.41) is 3.08. The topological polar surface area (TPSA) is 118 Å². The molecule has 1 heterocycles. The molecule has 0 saturated carbocycles. The van der Waals surface area contributed by atoms with Crippen LogP contribution in [0.25, 0.3) is 10.9 Å². The molecule has 1 N–H and O–H groups in total. The van der Waals surface area contributed by atoms with Gasteiger partial charge in [0.25, 0.3) is 5.56 Å². The molecule has 0 unspecified atom stereocenters. The highest BCUT2D eigenvalue weighted by molar-refractivity contribution is 6.32. The van der Waals surface area contributed by atoms with E-state index in [1.807, 2.05) is 0 Å². The average molecular weight is 462 g/mol. The van der Waals surface area contributed by atoms with E-state index in [2.05, 4.69) is 5.32 Å². The van der Waals surface area contributed by atoms with Crippen LogP contribution < -0.4 is 26.0 Å². The van der Waals surface area contributed by atoms with Gasteiger partial charge in [0, 0.05) is 13.0 Å². The molecule has 32 heavy (non-hydrogen) atoms. The van der Waals surface area contributed by atoms with Gasteiger partial charge in [0.15, 0.2) is 6.73 Å². The summed E-state index contributed by atoms with van der Waals surface area (Å²) < 4.78 is 17.1. The monoisotopic (exact) mass is 461 g/mol. The maximum Gasteiger partial charge on any atom is 0.334 e. The maximum absolute atomic E-state index is 13.0. The number of fused-ring (bicyclic) bond motifs is 1. The third-order valence-electron chi connectivity index (χ3n) is 4.58. The van der Waals surface area contributed by atoms with Gasteiger partial charge in [-0.05, 0) is 18.2 Å². The summed E-state index contributed by atoms with van der Waals surface area (Å²) in [6, 6.07) is 9.30. The molecule has 0 aliphatic carbocycles. The SMILES string of the molecule is COc1cc(OC)c(NC(=O)Cn2c(=O)n(COC(C)=O)c(=O)c3ccccc32)cc1Cl. The number of aromatic nitrogens is 2. The molecular formula is C21H20ClN3O7. The van der Waals surface area contributed by atoms with Gasteiger partial charge in [0.2, 0.25) is 5.91 Å². The highest BCUT2D eigenvalue weighted by Crippen LogP contribution is 2.35. The van der Waals surface area contributed by atoms with Crippen molar-refractivity contribution in [2.75, 3.05) is 19.5 Å². The number of hydrogen-bond donors (Lipinski definition) is 1. The van der Waals surface area contributed by atoms with Crippen LogP contribution in [0.2, 0.25) is 5.02 Å². The van der Waals surface area contributed by atoms with Gasteiger partial charge >= 0.3 is 11.7 Å². The van der Waals surface area contributed by atoms with E-state index in [4.69, 9.17) is 25.8 Å². The van der Waals surface area contributed by atoms with E-state index in [1.165, 1.54) is 32.4 Å². The molecule has 0 bridgehead atoms. The summed E-state index contributed by atoms with van der Waals surface area (Å²) >= 11 is 6.14. The zero-order chi connectivity index (χ0) is 23.4. The quantitative estimate of drug-likeness (QED) is 0.534. The Hall–Kier alpha value is -3.79. The number of halogens is 1. The van der Waals surface area contributed by atoms with Crippen molar-refractivity contribution in [1.82, 2.24) is 9.13 Å². The Labute approximate surface area is 186 Å². The first-order chi connectivity index (χ1) is 15.3. The van der Waals surface area contributed by atoms with E-state index in [9.17, 15) is 19.2 Å². The second-order valence-electron chi connectivity index (χ2n) is 6.62. The Morgan fingerprint density at radius 2 is 1.72 bits per heavy atom. The second kappa shape index (κ2) is 9.56. The van der Waals surface area contributed by atoms with Crippen LogP contribution in [-0.2, 0) is 27.6 Å². The molecule has 10 nitrogen and oxygen atoms in total. The van der Waals surface area contributed by atoms with Crippen LogP contribution in [0.3, 0.4) is 0 Å². The van der Waals surface area contributed by atoms with Crippen LogP contribution in [-0.4, -0.2) is 35.2 Å². The third-order valence-corrected chi connectivity index (χ3v) is 4.87. The third kappa shape index (κ3) is 4.59. The Kier molecular flexibility index (Phi) is 6.84. The van der Waals surface area contributed by atoms with E-state index >= 15 is 0 Å². The molecule has 168 valence electrons. The fourth-order valence-electron chi connectivity index (χ4n) is 3.08. The van der Waals surface area contributed by atoms with E-state index in [-0.39, 0.29) is 21.6 Å².